The molecule has 0 bridgehead atoms. The van der Waals surface area contributed by atoms with Crippen molar-refractivity contribution in [3.05, 3.63) is 119 Å². The highest BCUT2D eigenvalue weighted by molar-refractivity contribution is 7.91. The van der Waals surface area contributed by atoms with Gasteiger partial charge >= 0.3 is 0 Å². The van der Waals surface area contributed by atoms with E-state index in [0.29, 0.717) is 26.1 Å². The summed E-state index contributed by atoms with van der Waals surface area (Å²) >= 11 is 0. The molecule has 0 unspecified atom stereocenters. The van der Waals surface area contributed by atoms with Crippen molar-refractivity contribution in [1.29, 1.82) is 0 Å². The number of hydrogen-bond donors (Lipinski definition) is 1. The third-order valence-electron chi connectivity index (χ3n) is 5.87. The van der Waals surface area contributed by atoms with Crippen LogP contribution >= 0.6 is 0 Å². The highest BCUT2D eigenvalue weighted by Gasteiger charge is 2.21. The minimum atomic E-state index is -3.47. The lowest BCUT2D eigenvalue weighted by Crippen LogP contribution is -2.12. The number of hydrogen-bond acceptors (Lipinski definition) is 5. The molecule has 0 atom stereocenters. The molecule has 1 N–H and O–H groups in total. The summed E-state index contributed by atoms with van der Waals surface area (Å²) in [5.41, 5.74) is 5.00. The van der Waals surface area contributed by atoms with E-state index in [4.69, 9.17) is 0 Å². The minimum absolute atomic E-state index is 0.337. The van der Waals surface area contributed by atoms with Gasteiger partial charge in [0.2, 0.25) is 19.7 Å². The molecule has 0 aromatic heterocycles. The fourth-order valence-electron chi connectivity index (χ4n) is 3.71. The normalized spacial score (nSPS) is 11.5. The second-order valence-electron chi connectivity index (χ2n) is 9.09. The topological polar surface area (TPSA) is 80.3 Å². The van der Waals surface area contributed by atoms with Gasteiger partial charge in [0.15, 0.2) is 0 Å². The molecule has 0 radical (unpaired) electrons. The first kappa shape index (κ1) is 28.3. The molecule has 0 saturated heterocycles. The Morgan fingerprint density at radius 1 is 0.514 bits per heavy atom. The van der Waals surface area contributed by atoms with Gasteiger partial charge in [-0.1, -0.05) is 70.8 Å². The Kier molecular flexibility index (Phi) is 9.07. The van der Waals surface area contributed by atoms with E-state index in [1.165, 1.54) is 0 Å². The Labute approximate surface area is 221 Å². The molecule has 7 heteroatoms. The maximum atomic E-state index is 12.7. The van der Waals surface area contributed by atoms with Gasteiger partial charge in [-0.3, -0.25) is 0 Å². The first-order valence-electron chi connectivity index (χ1n) is 11.9. The van der Waals surface area contributed by atoms with Crippen LogP contribution in [0.5, 0.6) is 0 Å². The van der Waals surface area contributed by atoms with Crippen molar-refractivity contribution in [2.45, 2.75) is 53.8 Å². The molecule has 4 aromatic carbocycles. The SMILES string of the molecule is CNCc1cc(C)ccc1S(=O)(=O)c1ccc(C)cc1.Cc1ccc(S(=O)(=O)c2ccc(C)cc2)cc1. The predicted octanol–water partition coefficient (Wildman–Crippen LogP) is 5.99. The fourth-order valence-corrected chi connectivity index (χ4v) is 6.45. The summed E-state index contributed by atoms with van der Waals surface area (Å²) in [6.45, 7) is 8.29. The number of benzene rings is 4. The van der Waals surface area contributed by atoms with E-state index in [2.05, 4.69) is 5.32 Å². The summed E-state index contributed by atoms with van der Waals surface area (Å²) in [5.74, 6) is 0. The zero-order valence-corrected chi connectivity index (χ0v) is 23.4. The fraction of sp³-hybridized carbons (Fsp3) is 0.200. The lowest BCUT2D eigenvalue weighted by Gasteiger charge is -2.11. The molecular formula is C30H33NO4S2. The highest BCUT2D eigenvalue weighted by Crippen LogP contribution is 2.25. The van der Waals surface area contributed by atoms with Crippen molar-refractivity contribution in [2.24, 2.45) is 0 Å². The molecule has 0 aliphatic carbocycles. The van der Waals surface area contributed by atoms with Gasteiger partial charge in [-0.15, -0.1) is 0 Å². The summed E-state index contributed by atoms with van der Waals surface area (Å²) in [4.78, 5) is 1.39. The molecule has 194 valence electrons. The molecule has 0 amide bonds. The van der Waals surface area contributed by atoms with Gasteiger partial charge < -0.3 is 5.32 Å². The van der Waals surface area contributed by atoms with Gasteiger partial charge in [0.05, 0.1) is 19.6 Å². The predicted molar refractivity (Wildman–Crippen MR) is 148 cm³/mol. The van der Waals surface area contributed by atoms with Gasteiger partial charge in [-0.25, -0.2) is 16.8 Å². The summed E-state index contributed by atoms with van der Waals surface area (Å²) in [6, 6.07) is 26.2. The maximum absolute atomic E-state index is 12.7. The van der Waals surface area contributed by atoms with Gasteiger partial charge in [0.1, 0.15) is 0 Å². The largest absolute Gasteiger partial charge is 0.316 e. The van der Waals surface area contributed by atoms with Gasteiger partial charge in [-0.2, -0.15) is 0 Å². The quantitative estimate of drug-likeness (QED) is 0.328. The van der Waals surface area contributed by atoms with Crippen molar-refractivity contribution >= 4 is 19.7 Å². The molecule has 0 aliphatic heterocycles. The Bertz CT molecular complexity index is 1510. The molecule has 0 aliphatic rings. The lowest BCUT2D eigenvalue weighted by molar-refractivity contribution is 0.593. The van der Waals surface area contributed by atoms with Gasteiger partial charge in [-0.05, 0) is 82.8 Å². The van der Waals surface area contributed by atoms with Crippen LogP contribution in [-0.2, 0) is 26.2 Å². The Balaban J connectivity index is 0.000000208. The van der Waals surface area contributed by atoms with Crippen molar-refractivity contribution in [3.63, 3.8) is 0 Å². The number of nitrogens with one attached hydrogen (secondary N) is 1. The van der Waals surface area contributed by atoms with E-state index >= 15 is 0 Å². The monoisotopic (exact) mass is 535 g/mol. The maximum Gasteiger partial charge on any atom is 0.206 e. The molecule has 37 heavy (non-hydrogen) atoms. The molecular weight excluding hydrogens is 502 g/mol. The molecule has 0 fully saturated rings. The standard InChI is InChI=1S/C16H19NO2S.C14H14O2S/c1-12-4-7-15(8-5-12)20(18,19)16-9-6-13(2)10-14(16)11-17-3;1-11-3-7-13(8-4-11)17(15,16)14-9-5-12(2)6-10-14/h4-10,17H,11H2,1-3H3;3-10H,1-2H3. The second kappa shape index (κ2) is 11.9. The van der Waals surface area contributed by atoms with Crippen LogP contribution in [0.1, 0.15) is 27.8 Å². The summed E-state index contributed by atoms with van der Waals surface area (Å²) < 4.78 is 50.0. The summed E-state index contributed by atoms with van der Waals surface area (Å²) in [7, 11) is -5.03. The summed E-state index contributed by atoms with van der Waals surface area (Å²) in [5, 5.41) is 3.02. The van der Waals surface area contributed by atoms with E-state index in [-0.39, 0.29) is 0 Å². The van der Waals surface area contributed by atoms with Crippen LogP contribution in [0.25, 0.3) is 0 Å². The van der Waals surface area contributed by atoms with E-state index < -0.39 is 19.7 Å². The summed E-state index contributed by atoms with van der Waals surface area (Å²) in [6.07, 6.45) is 0. The van der Waals surface area contributed by atoms with Crippen molar-refractivity contribution in [2.75, 3.05) is 7.05 Å². The van der Waals surface area contributed by atoms with Crippen LogP contribution in [0, 0.1) is 27.7 Å². The molecule has 0 heterocycles. The average molecular weight is 536 g/mol. The van der Waals surface area contributed by atoms with Crippen LogP contribution in [0.2, 0.25) is 0 Å². The van der Waals surface area contributed by atoms with Crippen LogP contribution in [0.15, 0.2) is 111 Å². The second-order valence-corrected chi connectivity index (χ2v) is 13.0. The van der Waals surface area contributed by atoms with E-state index in [9.17, 15) is 16.8 Å². The van der Waals surface area contributed by atoms with Crippen molar-refractivity contribution < 1.29 is 16.8 Å². The molecule has 4 rings (SSSR count). The zero-order valence-electron chi connectivity index (χ0n) is 21.8. The lowest BCUT2D eigenvalue weighted by atomic mass is 10.1. The Morgan fingerprint density at radius 2 is 0.865 bits per heavy atom. The van der Waals surface area contributed by atoms with Crippen LogP contribution in [0.4, 0.5) is 0 Å². The molecule has 4 aromatic rings. The van der Waals surface area contributed by atoms with Gasteiger partial charge in [0.25, 0.3) is 0 Å². The third-order valence-corrected chi connectivity index (χ3v) is 9.52. The van der Waals surface area contributed by atoms with Crippen LogP contribution in [-0.4, -0.2) is 23.9 Å². The van der Waals surface area contributed by atoms with Crippen LogP contribution in [0.3, 0.4) is 0 Å². The van der Waals surface area contributed by atoms with E-state index in [1.54, 1.807) is 66.7 Å². The first-order valence-corrected chi connectivity index (χ1v) is 14.9. The molecule has 0 spiro atoms. The minimum Gasteiger partial charge on any atom is -0.316 e. The van der Waals surface area contributed by atoms with Gasteiger partial charge in [0, 0.05) is 6.54 Å². The average Bonchev–Trinajstić information content (AvgIpc) is 2.85. The highest BCUT2D eigenvalue weighted by atomic mass is 32.2. The van der Waals surface area contributed by atoms with E-state index in [1.807, 2.05) is 59.0 Å². The number of rotatable bonds is 6. The van der Waals surface area contributed by atoms with Crippen molar-refractivity contribution in [1.82, 2.24) is 5.32 Å². The molecule has 5 nitrogen and oxygen atoms in total. The van der Waals surface area contributed by atoms with Crippen LogP contribution < -0.4 is 5.32 Å². The number of sulfone groups is 2. The smallest absolute Gasteiger partial charge is 0.206 e. The van der Waals surface area contributed by atoms with E-state index in [0.717, 1.165) is 27.8 Å². The Morgan fingerprint density at radius 3 is 1.24 bits per heavy atom. The zero-order chi connectivity index (χ0) is 27.2. The third kappa shape index (κ3) is 6.95. The Hall–Kier alpha value is -3.26. The number of aryl methyl sites for hydroxylation is 4. The molecule has 0 saturated carbocycles. The van der Waals surface area contributed by atoms with Crippen molar-refractivity contribution in [3.8, 4) is 0 Å². The first-order chi connectivity index (χ1) is 17.4.